The van der Waals surface area contributed by atoms with E-state index < -0.39 is 11.0 Å². The van der Waals surface area contributed by atoms with E-state index in [0.717, 1.165) is 19.4 Å². The summed E-state index contributed by atoms with van der Waals surface area (Å²) in [7, 11) is 1.53. The second kappa shape index (κ2) is 7.35. The van der Waals surface area contributed by atoms with Crippen LogP contribution in [0.1, 0.15) is 37.0 Å². The van der Waals surface area contributed by atoms with Gasteiger partial charge in [-0.1, -0.05) is 25.4 Å². The van der Waals surface area contributed by atoms with Crippen molar-refractivity contribution in [1.29, 1.82) is 0 Å². The SMILES string of the molecule is CNC(=O)c1cc(NC(=O)C2(N)C3CCCOC3C2(C)C)ccc1Cl.Cl. The van der Waals surface area contributed by atoms with E-state index in [4.69, 9.17) is 22.1 Å². The molecule has 0 spiro atoms. The second-order valence-electron chi connectivity index (χ2n) is 7.36. The van der Waals surface area contributed by atoms with Crippen molar-refractivity contribution in [2.24, 2.45) is 17.1 Å². The van der Waals surface area contributed by atoms with Crippen molar-refractivity contribution < 1.29 is 14.3 Å². The molecule has 1 aliphatic carbocycles. The molecule has 2 fully saturated rings. The molecule has 144 valence electrons. The molecule has 0 bridgehead atoms. The van der Waals surface area contributed by atoms with Gasteiger partial charge in [0.05, 0.1) is 16.7 Å². The maximum absolute atomic E-state index is 13.0. The summed E-state index contributed by atoms with van der Waals surface area (Å²) in [4.78, 5) is 24.9. The van der Waals surface area contributed by atoms with Gasteiger partial charge in [-0.2, -0.15) is 0 Å². The number of amides is 2. The molecular weight excluding hydrogens is 377 g/mol. The first-order valence-electron chi connectivity index (χ1n) is 8.47. The molecule has 1 aromatic carbocycles. The van der Waals surface area contributed by atoms with E-state index in [0.29, 0.717) is 16.3 Å². The summed E-state index contributed by atoms with van der Waals surface area (Å²) in [5.41, 5.74) is 5.91. The third-order valence-corrected chi connectivity index (χ3v) is 6.09. The van der Waals surface area contributed by atoms with Gasteiger partial charge in [0.2, 0.25) is 5.91 Å². The lowest BCUT2D eigenvalue weighted by molar-refractivity contribution is -0.222. The predicted octanol–water partition coefficient (Wildman–Crippen LogP) is 2.59. The third kappa shape index (κ3) is 2.99. The minimum atomic E-state index is -1.01. The number of nitrogens with two attached hydrogens (primary N) is 1. The van der Waals surface area contributed by atoms with Gasteiger partial charge < -0.3 is 21.1 Å². The summed E-state index contributed by atoms with van der Waals surface area (Å²) in [6, 6.07) is 4.81. The average molecular weight is 402 g/mol. The number of anilines is 1. The van der Waals surface area contributed by atoms with E-state index in [1.54, 1.807) is 18.2 Å². The molecule has 0 aromatic heterocycles. The molecule has 1 saturated carbocycles. The fourth-order valence-electron chi connectivity index (χ4n) is 4.18. The molecule has 3 atom stereocenters. The highest BCUT2D eigenvalue weighted by Crippen LogP contribution is 2.57. The maximum atomic E-state index is 13.0. The van der Waals surface area contributed by atoms with Gasteiger partial charge in [0.15, 0.2) is 0 Å². The highest BCUT2D eigenvalue weighted by atomic mass is 35.5. The van der Waals surface area contributed by atoms with E-state index in [-0.39, 0.29) is 36.2 Å². The Labute approximate surface area is 164 Å². The number of ether oxygens (including phenoxy) is 1. The van der Waals surface area contributed by atoms with Gasteiger partial charge in [0.1, 0.15) is 5.54 Å². The number of halogens is 2. The lowest BCUT2D eigenvalue weighted by Gasteiger charge is -2.65. The maximum Gasteiger partial charge on any atom is 0.252 e. The summed E-state index contributed by atoms with van der Waals surface area (Å²) in [6.45, 7) is 4.66. The van der Waals surface area contributed by atoms with Crippen LogP contribution in [0.2, 0.25) is 5.02 Å². The molecule has 8 heteroatoms. The lowest BCUT2D eigenvalue weighted by atomic mass is 9.46. The Balaban J connectivity index is 0.00000243. The molecule has 2 amide bonds. The van der Waals surface area contributed by atoms with Crippen LogP contribution in [0.3, 0.4) is 0 Å². The summed E-state index contributed by atoms with van der Waals surface area (Å²) < 4.78 is 5.84. The van der Waals surface area contributed by atoms with Crippen molar-refractivity contribution >= 4 is 41.5 Å². The fraction of sp³-hybridized carbons (Fsp3) is 0.556. The van der Waals surface area contributed by atoms with Crippen LogP contribution in [0.4, 0.5) is 5.69 Å². The topological polar surface area (TPSA) is 93.5 Å². The van der Waals surface area contributed by atoms with Crippen LogP contribution in [0.25, 0.3) is 0 Å². The molecule has 6 nitrogen and oxygen atoms in total. The third-order valence-electron chi connectivity index (χ3n) is 5.76. The van der Waals surface area contributed by atoms with Crippen LogP contribution >= 0.6 is 24.0 Å². The zero-order chi connectivity index (χ0) is 18.4. The molecule has 1 aliphatic heterocycles. The zero-order valence-corrected chi connectivity index (χ0v) is 16.7. The highest BCUT2D eigenvalue weighted by molar-refractivity contribution is 6.34. The van der Waals surface area contributed by atoms with Crippen molar-refractivity contribution in [3.05, 3.63) is 28.8 Å². The van der Waals surface area contributed by atoms with E-state index in [1.807, 2.05) is 13.8 Å². The van der Waals surface area contributed by atoms with Gasteiger partial charge in [-0.15, -0.1) is 12.4 Å². The molecule has 1 aromatic rings. The summed E-state index contributed by atoms with van der Waals surface area (Å²) in [5, 5.41) is 5.71. The number of fused-ring (bicyclic) bond motifs is 1. The van der Waals surface area contributed by atoms with Crippen LogP contribution in [-0.4, -0.2) is 37.1 Å². The van der Waals surface area contributed by atoms with Gasteiger partial charge in [-0.25, -0.2) is 0 Å². The van der Waals surface area contributed by atoms with Gasteiger partial charge in [0.25, 0.3) is 5.91 Å². The van der Waals surface area contributed by atoms with E-state index >= 15 is 0 Å². The van der Waals surface area contributed by atoms with Crippen molar-refractivity contribution in [3.63, 3.8) is 0 Å². The van der Waals surface area contributed by atoms with Crippen molar-refractivity contribution in [2.45, 2.75) is 38.3 Å². The number of carbonyl (C=O) groups is 2. The lowest BCUT2D eigenvalue weighted by Crippen LogP contribution is -2.81. The average Bonchev–Trinajstić information content (AvgIpc) is 2.61. The Kier molecular flexibility index (Phi) is 5.93. The van der Waals surface area contributed by atoms with Crippen molar-refractivity contribution in [1.82, 2.24) is 5.32 Å². The van der Waals surface area contributed by atoms with Gasteiger partial charge >= 0.3 is 0 Å². The Morgan fingerprint density at radius 1 is 1.35 bits per heavy atom. The normalized spacial score (nSPS) is 28.8. The predicted molar refractivity (Wildman–Crippen MR) is 104 cm³/mol. The van der Waals surface area contributed by atoms with Gasteiger partial charge in [0, 0.05) is 30.7 Å². The van der Waals surface area contributed by atoms with Crippen LogP contribution in [-0.2, 0) is 9.53 Å². The minimum absolute atomic E-state index is 0. The first-order chi connectivity index (χ1) is 11.7. The Morgan fingerprint density at radius 2 is 2.04 bits per heavy atom. The first kappa shape index (κ1) is 21.0. The number of benzene rings is 1. The van der Waals surface area contributed by atoms with Gasteiger partial charge in [-0.05, 0) is 31.0 Å². The summed E-state index contributed by atoms with van der Waals surface area (Å²) >= 11 is 6.06. The summed E-state index contributed by atoms with van der Waals surface area (Å²) in [6.07, 6.45) is 1.79. The molecule has 2 aliphatic rings. The Hall–Kier alpha value is -1.34. The number of nitrogens with one attached hydrogen (secondary N) is 2. The number of hydrogen-bond donors (Lipinski definition) is 3. The number of carbonyl (C=O) groups excluding carboxylic acids is 2. The van der Waals surface area contributed by atoms with Crippen molar-refractivity contribution in [2.75, 3.05) is 19.0 Å². The molecule has 1 heterocycles. The van der Waals surface area contributed by atoms with E-state index in [2.05, 4.69) is 10.6 Å². The quantitative estimate of drug-likeness (QED) is 0.725. The van der Waals surface area contributed by atoms with Crippen LogP contribution in [0.15, 0.2) is 18.2 Å². The van der Waals surface area contributed by atoms with E-state index in [1.165, 1.54) is 7.05 Å². The first-order valence-corrected chi connectivity index (χ1v) is 8.85. The molecule has 26 heavy (non-hydrogen) atoms. The number of hydrogen-bond acceptors (Lipinski definition) is 4. The van der Waals surface area contributed by atoms with Gasteiger partial charge in [-0.3, -0.25) is 9.59 Å². The largest absolute Gasteiger partial charge is 0.377 e. The second-order valence-corrected chi connectivity index (χ2v) is 7.77. The summed E-state index contributed by atoms with van der Waals surface area (Å²) in [5.74, 6) is -0.565. The van der Waals surface area contributed by atoms with Crippen LogP contribution in [0, 0.1) is 11.3 Å². The smallest absolute Gasteiger partial charge is 0.252 e. The number of rotatable bonds is 3. The fourth-order valence-corrected chi connectivity index (χ4v) is 4.39. The van der Waals surface area contributed by atoms with Crippen molar-refractivity contribution in [3.8, 4) is 0 Å². The molecular formula is C18H25Cl2N3O3. The molecule has 4 N–H and O–H groups in total. The molecule has 3 rings (SSSR count). The standard InChI is InChI=1S/C18H24ClN3O3.ClH/c1-17(2)14-12(5-4-8-25-14)18(17,20)16(24)22-10-6-7-13(19)11(9-10)15(23)21-3;/h6-7,9,12,14H,4-5,8,20H2,1-3H3,(H,21,23)(H,22,24);1H. The molecule has 0 radical (unpaired) electrons. The minimum Gasteiger partial charge on any atom is -0.377 e. The monoisotopic (exact) mass is 401 g/mol. The Morgan fingerprint density at radius 3 is 2.69 bits per heavy atom. The Bertz CT molecular complexity index is 726. The van der Waals surface area contributed by atoms with E-state index in [9.17, 15) is 9.59 Å². The molecule has 3 unspecified atom stereocenters. The van der Waals surface area contributed by atoms with Crippen LogP contribution < -0.4 is 16.4 Å². The molecule has 1 saturated heterocycles. The zero-order valence-electron chi connectivity index (χ0n) is 15.1. The van der Waals surface area contributed by atoms with Crippen LogP contribution in [0.5, 0.6) is 0 Å². The highest BCUT2D eigenvalue weighted by Gasteiger charge is 2.70.